The lowest BCUT2D eigenvalue weighted by Crippen LogP contribution is -2.12. The van der Waals surface area contributed by atoms with E-state index in [4.69, 9.17) is 11.6 Å². The second kappa shape index (κ2) is 4.41. The van der Waals surface area contributed by atoms with E-state index in [2.05, 4.69) is 0 Å². The van der Waals surface area contributed by atoms with Gasteiger partial charge < -0.3 is 0 Å². The number of carbonyl (C=O) groups excluding carboxylic acids is 1. The summed E-state index contributed by atoms with van der Waals surface area (Å²) in [5.74, 6) is -2.28. The average Bonchev–Trinajstić information content (AvgIpc) is 2.18. The molecule has 0 amide bonds. The van der Waals surface area contributed by atoms with E-state index in [0.717, 1.165) is 6.07 Å². The van der Waals surface area contributed by atoms with Crippen molar-refractivity contribution in [3.05, 3.63) is 34.1 Å². The number of alkyl halides is 3. The molecule has 0 bridgehead atoms. The van der Waals surface area contributed by atoms with E-state index in [-0.39, 0.29) is 11.4 Å². The first kappa shape index (κ1) is 13.0. The van der Waals surface area contributed by atoms with Gasteiger partial charge in [0.05, 0.1) is 11.1 Å². The summed E-state index contributed by atoms with van der Waals surface area (Å²) in [5, 5.41) is -0.314. The topological polar surface area (TPSA) is 17.1 Å². The van der Waals surface area contributed by atoms with Crippen LogP contribution in [0.4, 0.5) is 17.6 Å². The average molecular weight is 255 g/mol. The second-order valence-electron chi connectivity index (χ2n) is 3.09. The van der Waals surface area contributed by atoms with Crippen molar-refractivity contribution in [3.8, 4) is 0 Å². The number of hydrogen-bond acceptors (Lipinski definition) is 1. The zero-order valence-corrected chi connectivity index (χ0v) is 8.92. The molecule has 0 saturated carbocycles. The van der Waals surface area contributed by atoms with Gasteiger partial charge in [0, 0.05) is 11.4 Å². The van der Waals surface area contributed by atoms with Gasteiger partial charge in [-0.2, -0.15) is 13.2 Å². The van der Waals surface area contributed by atoms with Crippen LogP contribution in [-0.4, -0.2) is 5.78 Å². The van der Waals surface area contributed by atoms with Gasteiger partial charge in [0.1, 0.15) is 5.82 Å². The maximum absolute atomic E-state index is 13.4. The molecule has 16 heavy (non-hydrogen) atoms. The van der Waals surface area contributed by atoms with Crippen molar-refractivity contribution in [2.45, 2.75) is 19.5 Å². The molecule has 1 rings (SSSR count). The van der Waals surface area contributed by atoms with E-state index in [1.807, 2.05) is 0 Å². The van der Waals surface area contributed by atoms with Crippen LogP contribution in [0.1, 0.15) is 29.3 Å². The fraction of sp³-hybridized carbons (Fsp3) is 0.300. The number of benzene rings is 1. The number of halogens is 5. The zero-order chi connectivity index (χ0) is 12.5. The highest BCUT2D eigenvalue weighted by Crippen LogP contribution is 2.34. The van der Waals surface area contributed by atoms with E-state index in [1.165, 1.54) is 6.92 Å². The fourth-order valence-corrected chi connectivity index (χ4v) is 1.41. The Labute approximate surface area is 94.0 Å². The van der Waals surface area contributed by atoms with Crippen LogP contribution in [0.2, 0.25) is 5.02 Å². The van der Waals surface area contributed by atoms with Crippen molar-refractivity contribution in [2.24, 2.45) is 0 Å². The van der Waals surface area contributed by atoms with Crippen molar-refractivity contribution in [1.29, 1.82) is 0 Å². The van der Waals surface area contributed by atoms with Crippen LogP contribution in [0.15, 0.2) is 12.1 Å². The Hall–Kier alpha value is -1.10. The number of ketones is 1. The first-order valence-corrected chi connectivity index (χ1v) is 4.74. The first-order chi connectivity index (χ1) is 7.27. The summed E-state index contributed by atoms with van der Waals surface area (Å²) >= 11 is 5.41. The van der Waals surface area contributed by atoms with Crippen LogP contribution in [0, 0.1) is 5.82 Å². The molecule has 0 fully saturated rings. The van der Waals surface area contributed by atoms with Gasteiger partial charge in [0.25, 0.3) is 0 Å². The minimum atomic E-state index is -4.86. The van der Waals surface area contributed by atoms with E-state index >= 15 is 0 Å². The second-order valence-corrected chi connectivity index (χ2v) is 3.53. The Kier molecular flexibility index (Phi) is 3.57. The summed E-state index contributed by atoms with van der Waals surface area (Å²) in [5.41, 5.74) is -2.14. The molecule has 6 heteroatoms. The van der Waals surface area contributed by atoms with E-state index in [9.17, 15) is 22.4 Å². The molecule has 0 aliphatic heterocycles. The van der Waals surface area contributed by atoms with Crippen molar-refractivity contribution < 1.29 is 22.4 Å². The van der Waals surface area contributed by atoms with Crippen molar-refractivity contribution >= 4 is 17.4 Å². The number of carbonyl (C=O) groups is 1. The first-order valence-electron chi connectivity index (χ1n) is 4.36. The monoisotopic (exact) mass is 254 g/mol. The van der Waals surface area contributed by atoms with Crippen molar-refractivity contribution in [2.75, 3.05) is 0 Å². The van der Waals surface area contributed by atoms with Gasteiger partial charge in [-0.25, -0.2) is 4.39 Å². The molecule has 0 atom stereocenters. The Morgan fingerprint density at radius 1 is 1.38 bits per heavy atom. The predicted octanol–water partition coefficient (Wildman–Crippen LogP) is 4.09. The lowest BCUT2D eigenvalue weighted by molar-refractivity contribution is -0.140. The summed E-state index contributed by atoms with van der Waals surface area (Å²) in [6, 6.07) is 1.36. The third-order valence-electron chi connectivity index (χ3n) is 1.96. The fourth-order valence-electron chi connectivity index (χ4n) is 1.19. The summed E-state index contributed by atoms with van der Waals surface area (Å²) in [4.78, 5) is 11.2. The largest absolute Gasteiger partial charge is 0.419 e. The summed E-state index contributed by atoms with van der Waals surface area (Å²) in [7, 11) is 0. The number of rotatable bonds is 2. The molecular weight excluding hydrogens is 248 g/mol. The zero-order valence-electron chi connectivity index (χ0n) is 8.16. The van der Waals surface area contributed by atoms with Crippen molar-refractivity contribution in [1.82, 2.24) is 0 Å². The molecule has 1 aromatic rings. The molecule has 0 saturated heterocycles. The van der Waals surface area contributed by atoms with Crippen molar-refractivity contribution in [3.63, 3.8) is 0 Å². The molecule has 1 nitrogen and oxygen atoms in total. The third kappa shape index (κ3) is 2.52. The Morgan fingerprint density at radius 2 is 1.94 bits per heavy atom. The minimum absolute atomic E-state index is 0.0887. The van der Waals surface area contributed by atoms with Crippen LogP contribution in [0.5, 0.6) is 0 Å². The van der Waals surface area contributed by atoms with Crippen LogP contribution in [0.3, 0.4) is 0 Å². The number of hydrogen-bond donors (Lipinski definition) is 0. The number of Topliss-reactive ketones (excluding diaryl/α,β-unsaturated/α-hetero) is 1. The highest BCUT2D eigenvalue weighted by molar-refractivity contribution is 6.31. The van der Waals surface area contributed by atoms with Crippen LogP contribution in [0.25, 0.3) is 0 Å². The quantitative estimate of drug-likeness (QED) is 0.574. The van der Waals surface area contributed by atoms with Gasteiger partial charge in [-0.3, -0.25) is 4.79 Å². The van der Waals surface area contributed by atoms with E-state index < -0.39 is 28.9 Å². The lowest BCUT2D eigenvalue weighted by atomic mass is 10.0. The normalized spacial score (nSPS) is 11.6. The summed E-state index contributed by atoms with van der Waals surface area (Å²) < 4.78 is 50.5. The molecule has 0 aliphatic rings. The van der Waals surface area contributed by atoms with E-state index in [1.54, 1.807) is 0 Å². The molecule has 0 unspecified atom stereocenters. The van der Waals surface area contributed by atoms with Gasteiger partial charge >= 0.3 is 6.18 Å². The molecule has 88 valence electrons. The minimum Gasteiger partial charge on any atom is -0.294 e. The molecule has 0 radical (unpaired) electrons. The van der Waals surface area contributed by atoms with Crippen LogP contribution in [-0.2, 0) is 6.18 Å². The lowest BCUT2D eigenvalue weighted by Gasteiger charge is -2.11. The molecule has 0 spiro atoms. The summed E-state index contributed by atoms with van der Waals surface area (Å²) in [6.45, 7) is 1.43. The van der Waals surface area contributed by atoms with Gasteiger partial charge in [-0.1, -0.05) is 18.5 Å². The molecule has 1 aromatic carbocycles. The highest BCUT2D eigenvalue weighted by Gasteiger charge is 2.36. The van der Waals surface area contributed by atoms with Gasteiger partial charge in [-0.15, -0.1) is 0 Å². The van der Waals surface area contributed by atoms with Gasteiger partial charge in [0.15, 0.2) is 5.78 Å². The Morgan fingerprint density at radius 3 is 2.38 bits per heavy atom. The van der Waals surface area contributed by atoms with E-state index in [0.29, 0.717) is 6.07 Å². The van der Waals surface area contributed by atoms with Crippen LogP contribution < -0.4 is 0 Å². The van der Waals surface area contributed by atoms with Crippen LogP contribution >= 0.6 is 11.6 Å². The van der Waals surface area contributed by atoms with Gasteiger partial charge in [0.2, 0.25) is 0 Å². The molecule has 0 N–H and O–H groups in total. The van der Waals surface area contributed by atoms with Gasteiger partial charge in [-0.05, 0) is 12.1 Å². The third-order valence-corrected chi connectivity index (χ3v) is 2.18. The molecule has 0 aliphatic carbocycles. The molecule has 0 aromatic heterocycles. The molecule has 0 heterocycles. The SMILES string of the molecule is CCC(=O)c1cc(Cl)cc(C(F)(F)F)c1F. The Bertz CT molecular complexity index is 426. The summed E-state index contributed by atoms with van der Waals surface area (Å²) in [6.07, 6.45) is -4.95. The standard InChI is InChI=1S/C10H7ClF4O/c1-2-8(16)6-3-5(11)4-7(9(6)12)10(13,14)15/h3-4H,2H2,1H3. The predicted molar refractivity (Wildman–Crippen MR) is 51.0 cm³/mol. The Balaban J connectivity index is 3.44. The maximum atomic E-state index is 13.4. The maximum Gasteiger partial charge on any atom is 0.419 e. The molecular formula is C10H7ClF4O. The smallest absolute Gasteiger partial charge is 0.294 e. The highest BCUT2D eigenvalue weighted by atomic mass is 35.5.